The summed E-state index contributed by atoms with van der Waals surface area (Å²) in [6.07, 6.45) is 5.00. The third-order valence-electron chi connectivity index (χ3n) is 6.82. The minimum absolute atomic E-state index is 0.00229. The molecule has 2 amide bonds. The van der Waals surface area contributed by atoms with Gasteiger partial charge in [-0.25, -0.2) is 0 Å². The Kier molecular flexibility index (Phi) is 7.56. The molecule has 4 rings (SSSR count). The van der Waals surface area contributed by atoms with Crippen LogP contribution in [0, 0.1) is 5.92 Å². The Hall–Kier alpha value is -2.87. The molecule has 0 radical (unpaired) electrons. The standard InChI is InChI=1S/C25H31ClN4O4/c1-2-3-4-5-20-15-29(16-23(31)28-12-10-18(11-13-28)25(33)34)24(32)22-14-21(27-30(20)22)17-6-8-19(26)9-7-17/h6-9,14,18,20H,2-5,10-13,15-16H2,1H3,(H,33,34)/t20-/m1/s1. The zero-order chi connectivity index (χ0) is 24.2. The third kappa shape index (κ3) is 5.27. The van der Waals surface area contributed by atoms with Crippen LogP contribution < -0.4 is 0 Å². The van der Waals surface area contributed by atoms with Gasteiger partial charge in [0, 0.05) is 30.2 Å². The van der Waals surface area contributed by atoms with Gasteiger partial charge in [0.25, 0.3) is 5.91 Å². The molecule has 34 heavy (non-hydrogen) atoms. The Balaban J connectivity index is 1.52. The van der Waals surface area contributed by atoms with Crippen molar-refractivity contribution in [1.29, 1.82) is 0 Å². The van der Waals surface area contributed by atoms with Gasteiger partial charge in [-0.15, -0.1) is 0 Å². The van der Waals surface area contributed by atoms with Gasteiger partial charge in [-0.2, -0.15) is 5.10 Å². The van der Waals surface area contributed by atoms with Gasteiger partial charge in [0.05, 0.1) is 17.7 Å². The van der Waals surface area contributed by atoms with Crippen molar-refractivity contribution in [2.45, 2.75) is 51.5 Å². The largest absolute Gasteiger partial charge is 0.481 e. The van der Waals surface area contributed by atoms with E-state index in [4.69, 9.17) is 16.7 Å². The zero-order valence-electron chi connectivity index (χ0n) is 19.5. The van der Waals surface area contributed by atoms with Crippen LogP contribution in [0.4, 0.5) is 0 Å². The van der Waals surface area contributed by atoms with Crippen molar-refractivity contribution in [1.82, 2.24) is 19.6 Å². The zero-order valence-corrected chi connectivity index (χ0v) is 20.2. The number of hydrogen-bond acceptors (Lipinski definition) is 4. The summed E-state index contributed by atoms with van der Waals surface area (Å²) in [5.41, 5.74) is 2.09. The van der Waals surface area contributed by atoms with Crippen LogP contribution in [-0.4, -0.2) is 68.6 Å². The number of rotatable bonds is 8. The van der Waals surface area contributed by atoms with E-state index in [-0.39, 0.29) is 24.4 Å². The van der Waals surface area contributed by atoms with Crippen molar-refractivity contribution in [3.8, 4) is 11.3 Å². The maximum Gasteiger partial charge on any atom is 0.306 e. The lowest BCUT2D eigenvalue weighted by atomic mass is 9.97. The number of piperidine rings is 1. The number of carbonyl (C=O) groups excluding carboxylic acids is 2. The highest BCUT2D eigenvalue weighted by atomic mass is 35.5. The van der Waals surface area contributed by atoms with Gasteiger partial charge in [-0.3, -0.25) is 19.1 Å². The molecule has 9 heteroatoms. The highest BCUT2D eigenvalue weighted by molar-refractivity contribution is 6.30. The molecule has 0 saturated carbocycles. The molecule has 182 valence electrons. The Morgan fingerprint density at radius 3 is 2.50 bits per heavy atom. The predicted octanol–water partition coefficient (Wildman–Crippen LogP) is 4.10. The number of unbranched alkanes of at least 4 members (excludes halogenated alkanes) is 2. The lowest BCUT2D eigenvalue weighted by Gasteiger charge is -2.36. The highest BCUT2D eigenvalue weighted by Crippen LogP contribution is 2.30. The number of benzene rings is 1. The first-order valence-corrected chi connectivity index (χ1v) is 12.4. The van der Waals surface area contributed by atoms with E-state index in [0.717, 1.165) is 31.2 Å². The van der Waals surface area contributed by atoms with Crippen molar-refractivity contribution >= 4 is 29.4 Å². The first-order valence-electron chi connectivity index (χ1n) is 12.0. The molecular formula is C25H31ClN4O4. The van der Waals surface area contributed by atoms with Crippen LogP contribution in [0.15, 0.2) is 30.3 Å². The molecule has 0 spiro atoms. The average molecular weight is 487 g/mol. The number of halogens is 1. The Bertz CT molecular complexity index is 1040. The molecule has 1 fully saturated rings. The number of amides is 2. The summed E-state index contributed by atoms with van der Waals surface area (Å²) in [7, 11) is 0. The highest BCUT2D eigenvalue weighted by Gasteiger charge is 2.35. The van der Waals surface area contributed by atoms with E-state index in [1.807, 2.05) is 16.8 Å². The summed E-state index contributed by atoms with van der Waals surface area (Å²) in [5.74, 6) is -1.54. The fraction of sp³-hybridized carbons (Fsp3) is 0.520. The van der Waals surface area contributed by atoms with Crippen molar-refractivity contribution in [2.75, 3.05) is 26.2 Å². The number of aliphatic carboxylic acids is 1. The minimum Gasteiger partial charge on any atom is -0.481 e. The van der Waals surface area contributed by atoms with Gasteiger partial charge in [0.15, 0.2) is 0 Å². The summed E-state index contributed by atoms with van der Waals surface area (Å²) in [6.45, 7) is 3.42. The second-order valence-electron chi connectivity index (χ2n) is 9.19. The van der Waals surface area contributed by atoms with Gasteiger partial charge < -0.3 is 14.9 Å². The van der Waals surface area contributed by atoms with Crippen LogP contribution in [-0.2, 0) is 9.59 Å². The number of carbonyl (C=O) groups is 3. The molecule has 0 unspecified atom stereocenters. The van der Waals surface area contributed by atoms with Crippen molar-refractivity contribution < 1.29 is 19.5 Å². The average Bonchev–Trinajstić information content (AvgIpc) is 3.28. The molecule has 1 atom stereocenters. The number of hydrogen-bond donors (Lipinski definition) is 1. The van der Waals surface area contributed by atoms with E-state index in [9.17, 15) is 19.5 Å². The van der Waals surface area contributed by atoms with E-state index in [1.165, 1.54) is 0 Å². The Labute approximate surface area is 204 Å². The summed E-state index contributed by atoms with van der Waals surface area (Å²) >= 11 is 6.02. The molecule has 0 bridgehead atoms. The SMILES string of the molecule is CCCCC[C@@H]1CN(CC(=O)N2CCC(C(=O)O)CC2)C(=O)c2cc(-c3ccc(Cl)cc3)nn21. The third-order valence-corrected chi connectivity index (χ3v) is 7.07. The molecule has 0 aliphatic carbocycles. The first kappa shape index (κ1) is 24.3. The smallest absolute Gasteiger partial charge is 0.306 e. The maximum absolute atomic E-state index is 13.3. The summed E-state index contributed by atoms with van der Waals surface area (Å²) in [6, 6.07) is 9.17. The number of carboxylic acids is 1. The van der Waals surface area contributed by atoms with Gasteiger partial charge in [-0.1, -0.05) is 49.9 Å². The lowest BCUT2D eigenvalue weighted by molar-refractivity contribution is -0.145. The summed E-state index contributed by atoms with van der Waals surface area (Å²) < 4.78 is 1.83. The first-order chi connectivity index (χ1) is 16.4. The monoisotopic (exact) mass is 486 g/mol. The molecule has 1 N–H and O–H groups in total. The number of aromatic nitrogens is 2. The molecular weight excluding hydrogens is 456 g/mol. The number of fused-ring (bicyclic) bond motifs is 1. The van der Waals surface area contributed by atoms with E-state index in [1.54, 1.807) is 28.0 Å². The van der Waals surface area contributed by atoms with Crippen LogP contribution in [0.2, 0.25) is 5.02 Å². The van der Waals surface area contributed by atoms with Gasteiger partial charge >= 0.3 is 5.97 Å². The van der Waals surface area contributed by atoms with E-state index < -0.39 is 11.9 Å². The number of likely N-dealkylation sites (tertiary alicyclic amines) is 1. The van der Waals surface area contributed by atoms with E-state index in [0.29, 0.717) is 48.9 Å². The molecule has 1 saturated heterocycles. The van der Waals surface area contributed by atoms with Crippen molar-refractivity contribution in [2.24, 2.45) is 5.92 Å². The Morgan fingerprint density at radius 2 is 1.85 bits per heavy atom. The van der Waals surface area contributed by atoms with Crippen LogP contribution in [0.3, 0.4) is 0 Å². The predicted molar refractivity (Wildman–Crippen MR) is 129 cm³/mol. The molecule has 8 nitrogen and oxygen atoms in total. The van der Waals surface area contributed by atoms with Crippen molar-refractivity contribution in [3.05, 3.63) is 41.0 Å². The van der Waals surface area contributed by atoms with E-state index >= 15 is 0 Å². The minimum atomic E-state index is -0.807. The maximum atomic E-state index is 13.3. The summed E-state index contributed by atoms with van der Waals surface area (Å²) in [5, 5.41) is 14.6. The second-order valence-corrected chi connectivity index (χ2v) is 9.63. The molecule has 2 aliphatic heterocycles. The topological polar surface area (TPSA) is 95.7 Å². The van der Waals surface area contributed by atoms with Crippen LogP contribution in [0.5, 0.6) is 0 Å². The molecule has 1 aromatic carbocycles. The second kappa shape index (κ2) is 10.6. The fourth-order valence-electron chi connectivity index (χ4n) is 4.79. The Morgan fingerprint density at radius 1 is 1.15 bits per heavy atom. The molecule has 1 aromatic heterocycles. The van der Waals surface area contributed by atoms with Gasteiger partial charge in [0.1, 0.15) is 12.2 Å². The van der Waals surface area contributed by atoms with Crippen LogP contribution >= 0.6 is 11.6 Å². The quantitative estimate of drug-likeness (QED) is 0.566. The molecule has 2 aromatic rings. The summed E-state index contributed by atoms with van der Waals surface area (Å²) in [4.78, 5) is 40.8. The molecule has 3 heterocycles. The molecule has 2 aliphatic rings. The lowest BCUT2D eigenvalue weighted by Crippen LogP contribution is -2.50. The van der Waals surface area contributed by atoms with Crippen LogP contribution in [0.25, 0.3) is 11.3 Å². The fourth-order valence-corrected chi connectivity index (χ4v) is 4.92. The van der Waals surface area contributed by atoms with E-state index in [2.05, 4.69) is 6.92 Å². The normalized spacial score (nSPS) is 18.8. The number of nitrogens with zero attached hydrogens (tertiary/aromatic N) is 4. The van der Waals surface area contributed by atoms with Crippen LogP contribution in [0.1, 0.15) is 62.0 Å². The number of carboxylic acid groups (broad SMARTS) is 1. The van der Waals surface area contributed by atoms with Crippen molar-refractivity contribution in [3.63, 3.8) is 0 Å². The van der Waals surface area contributed by atoms with Gasteiger partial charge in [0.2, 0.25) is 5.91 Å². The van der Waals surface area contributed by atoms with Gasteiger partial charge in [-0.05, 0) is 37.5 Å².